The topological polar surface area (TPSA) is 32.3 Å². The first-order valence-corrected chi connectivity index (χ1v) is 5.75. The Balaban J connectivity index is 2.28. The number of nitrogens with zero attached hydrogens (tertiary/aromatic N) is 4. The van der Waals surface area contributed by atoms with Crippen LogP contribution in [-0.2, 0) is 6.54 Å². The van der Waals surface area contributed by atoms with E-state index in [1.807, 2.05) is 0 Å². The molecular formula is C11H19ClN4. The number of rotatable bonds is 6. The Kier molecular flexibility index (Phi) is 5.66. The van der Waals surface area contributed by atoms with Gasteiger partial charge in [0.05, 0.1) is 18.1 Å². The summed E-state index contributed by atoms with van der Waals surface area (Å²) >= 11 is 5.67. The van der Waals surface area contributed by atoms with Crippen LogP contribution in [0.25, 0.3) is 0 Å². The molecule has 0 radical (unpaired) electrons. The first kappa shape index (κ1) is 13.4. The van der Waals surface area contributed by atoms with Crippen LogP contribution in [0.4, 0.5) is 0 Å². The van der Waals surface area contributed by atoms with Gasteiger partial charge in [-0.25, -0.2) is 4.98 Å². The zero-order valence-corrected chi connectivity index (χ0v) is 10.9. The summed E-state index contributed by atoms with van der Waals surface area (Å²) in [6.45, 7) is 2.98. The lowest BCUT2D eigenvalue weighted by atomic mass is 10.3. The molecule has 0 fully saturated rings. The second-order valence-corrected chi connectivity index (χ2v) is 4.61. The lowest BCUT2D eigenvalue weighted by Crippen LogP contribution is -2.23. The highest BCUT2D eigenvalue weighted by Gasteiger charge is 2.02. The van der Waals surface area contributed by atoms with Crippen LogP contribution in [0, 0.1) is 0 Å². The van der Waals surface area contributed by atoms with E-state index in [4.69, 9.17) is 11.6 Å². The molecule has 1 aromatic heterocycles. The van der Waals surface area contributed by atoms with E-state index in [1.165, 1.54) is 0 Å². The van der Waals surface area contributed by atoms with Gasteiger partial charge in [0, 0.05) is 6.54 Å². The number of hydrogen-bond acceptors (Lipinski definition) is 4. The zero-order valence-electron chi connectivity index (χ0n) is 10.1. The van der Waals surface area contributed by atoms with Crippen molar-refractivity contribution in [3.63, 3.8) is 0 Å². The molecule has 1 aromatic rings. The molecule has 0 amide bonds. The predicted octanol–water partition coefficient (Wildman–Crippen LogP) is 1.51. The molecule has 0 unspecified atom stereocenters. The highest BCUT2D eigenvalue weighted by molar-refractivity contribution is 6.29. The van der Waals surface area contributed by atoms with Gasteiger partial charge in [0.15, 0.2) is 0 Å². The highest BCUT2D eigenvalue weighted by atomic mass is 35.5. The van der Waals surface area contributed by atoms with E-state index in [0.29, 0.717) is 5.15 Å². The largest absolute Gasteiger partial charge is 0.309 e. The van der Waals surface area contributed by atoms with Gasteiger partial charge in [0.2, 0.25) is 0 Å². The van der Waals surface area contributed by atoms with Crippen LogP contribution >= 0.6 is 11.6 Å². The van der Waals surface area contributed by atoms with Crippen LogP contribution in [0.1, 0.15) is 12.1 Å². The van der Waals surface area contributed by atoms with Gasteiger partial charge < -0.3 is 9.80 Å². The third-order valence-corrected chi connectivity index (χ3v) is 2.45. The van der Waals surface area contributed by atoms with Crippen LogP contribution in [0.5, 0.6) is 0 Å². The van der Waals surface area contributed by atoms with Gasteiger partial charge in [-0.05, 0) is 40.7 Å². The molecule has 0 saturated carbocycles. The average Bonchev–Trinajstić information content (AvgIpc) is 2.21. The fourth-order valence-corrected chi connectivity index (χ4v) is 1.53. The van der Waals surface area contributed by atoms with Crippen molar-refractivity contribution in [2.24, 2.45) is 0 Å². The van der Waals surface area contributed by atoms with Gasteiger partial charge in [0.25, 0.3) is 0 Å². The molecule has 0 bridgehead atoms. The van der Waals surface area contributed by atoms with Gasteiger partial charge >= 0.3 is 0 Å². The van der Waals surface area contributed by atoms with Crippen molar-refractivity contribution in [1.29, 1.82) is 0 Å². The summed E-state index contributed by atoms with van der Waals surface area (Å²) in [5, 5.41) is 0.444. The second-order valence-electron chi connectivity index (χ2n) is 4.23. The average molecular weight is 243 g/mol. The van der Waals surface area contributed by atoms with Crippen molar-refractivity contribution >= 4 is 11.6 Å². The molecule has 16 heavy (non-hydrogen) atoms. The Morgan fingerprint density at radius 3 is 2.44 bits per heavy atom. The van der Waals surface area contributed by atoms with Gasteiger partial charge in [-0.3, -0.25) is 4.98 Å². The van der Waals surface area contributed by atoms with E-state index in [1.54, 1.807) is 12.4 Å². The van der Waals surface area contributed by atoms with E-state index in [2.05, 4.69) is 40.9 Å². The number of hydrogen-bond donors (Lipinski definition) is 0. The molecule has 0 spiro atoms. The fraction of sp³-hybridized carbons (Fsp3) is 0.636. The monoisotopic (exact) mass is 242 g/mol. The smallest absolute Gasteiger partial charge is 0.147 e. The van der Waals surface area contributed by atoms with Crippen molar-refractivity contribution in [2.75, 3.05) is 34.2 Å². The normalized spacial score (nSPS) is 11.4. The summed E-state index contributed by atoms with van der Waals surface area (Å²) in [6.07, 6.45) is 4.47. The van der Waals surface area contributed by atoms with Crippen LogP contribution in [-0.4, -0.2) is 54.0 Å². The standard InChI is InChI=1S/C11H19ClN4/c1-15(2)5-4-6-16(3)9-10-7-14-11(12)8-13-10/h7-8H,4-6,9H2,1-3H3. The van der Waals surface area contributed by atoms with E-state index < -0.39 is 0 Å². The van der Waals surface area contributed by atoms with Crippen molar-refractivity contribution in [2.45, 2.75) is 13.0 Å². The number of halogens is 1. The molecule has 0 saturated heterocycles. The highest BCUT2D eigenvalue weighted by Crippen LogP contribution is 2.03. The molecule has 5 heteroatoms. The summed E-state index contributed by atoms with van der Waals surface area (Å²) in [7, 11) is 6.27. The van der Waals surface area contributed by atoms with E-state index in [0.717, 1.165) is 31.7 Å². The molecule has 0 aliphatic rings. The molecular weight excluding hydrogens is 224 g/mol. The van der Waals surface area contributed by atoms with Crippen molar-refractivity contribution < 1.29 is 0 Å². The minimum absolute atomic E-state index is 0.444. The Morgan fingerprint density at radius 2 is 1.88 bits per heavy atom. The molecule has 1 heterocycles. The molecule has 90 valence electrons. The first-order valence-electron chi connectivity index (χ1n) is 5.37. The maximum Gasteiger partial charge on any atom is 0.147 e. The zero-order chi connectivity index (χ0) is 12.0. The van der Waals surface area contributed by atoms with Crippen LogP contribution in [0.2, 0.25) is 5.15 Å². The van der Waals surface area contributed by atoms with Crippen LogP contribution in [0.3, 0.4) is 0 Å². The van der Waals surface area contributed by atoms with E-state index >= 15 is 0 Å². The third-order valence-electron chi connectivity index (χ3n) is 2.25. The summed E-state index contributed by atoms with van der Waals surface area (Å²) in [5.41, 5.74) is 0.955. The predicted molar refractivity (Wildman–Crippen MR) is 66.5 cm³/mol. The quantitative estimate of drug-likeness (QED) is 0.757. The summed E-state index contributed by atoms with van der Waals surface area (Å²) in [5.74, 6) is 0. The molecule has 0 N–H and O–H groups in total. The first-order chi connectivity index (χ1) is 7.58. The third kappa shape index (κ3) is 5.39. The van der Waals surface area contributed by atoms with Crippen molar-refractivity contribution in [3.05, 3.63) is 23.2 Å². The lowest BCUT2D eigenvalue weighted by molar-refractivity contribution is 0.291. The molecule has 0 aliphatic heterocycles. The molecule has 0 aromatic carbocycles. The fourth-order valence-electron chi connectivity index (χ4n) is 1.43. The molecule has 1 rings (SSSR count). The van der Waals surface area contributed by atoms with Crippen molar-refractivity contribution in [3.8, 4) is 0 Å². The maximum absolute atomic E-state index is 5.67. The molecule has 4 nitrogen and oxygen atoms in total. The van der Waals surface area contributed by atoms with Crippen LogP contribution < -0.4 is 0 Å². The van der Waals surface area contributed by atoms with Gasteiger partial charge in [-0.1, -0.05) is 11.6 Å². The minimum atomic E-state index is 0.444. The van der Waals surface area contributed by atoms with Gasteiger partial charge in [-0.2, -0.15) is 0 Å². The van der Waals surface area contributed by atoms with Gasteiger partial charge in [-0.15, -0.1) is 0 Å². The number of aromatic nitrogens is 2. The van der Waals surface area contributed by atoms with Crippen molar-refractivity contribution in [1.82, 2.24) is 19.8 Å². The SMILES string of the molecule is CN(C)CCCN(C)Cc1cnc(Cl)cn1. The summed E-state index contributed by atoms with van der Waals surface area (Å²) in [6, 6.07) is 0. The second kappa shape index (κ2) is 6.78. The minimum Gasteiger partial charge on any atom is -0.309 e. The lowest BCUT2D eigenvalue weighted by Gasteiger charge is -2.17. The summed E-state index contributed by atoms with van der Waals surface area (Å²) < 4.78 is 0. The summed E-state index contributed by atoms with van der Waals surface area (Å²) in [4.78, 5) is 12.7. The Morgan fingerprint density at radius 1 is 1.12 bits per heavy atom. The van der Waals surface area contributed by atoms with Crippen LogP contribution in [0.15, 0.2) is 12.4 Å². The Labute approximate surface area is 102 Å². The molecule has 0 atom stereocenters. The van der Waals surface area contributed by atoms with Gasteiger partial charge in [0.1, 0.15) is 5.15 Å². The van der Waals surface area contributed by atoms with E-state index in [9.17, 15) is 0 Å². The molecule has 0 aliphatic carbocycles. The maximum atomic E-state index is 5.67. The Bertz CT molecular complexity index is 299. The van der Waals surface area contributed by atoms with E-state index in [-0.39, 0.29) is 0 Å². The Hall–Kier alpha value is -0.710.